The third-order valence-electron chi connectivity index (χ3n) is 4.10. The van der Waals surface area contributed by atoms with Crippen LogP contribution in [-0.4, -0.2) is 22.3 Å². The van der Waals surface area contributed by atoms with Crippen molar-refractivity contribution in [3.8, 4) is 0 Å². The van der Waals surface area contributed by atoms with Gasteiger partial charge in [0.25, 0.3) is 0 Å². The molecule has 0 fully saturated rings. The van der Waals surface area contributed by atoms with Crippen LogP contribution in [0.2, 0.25) is 26.2 Å². The van der Waals surface area contributed by atoms with Crippen molar-refractivity contribution in [1.29, 1.82) is 0 Å². The van der Waals surface area contributed by atoms with Gasteiger partial charge in [-0.25, -0.2) is 0 Å². The van der Waals surface area contributed by atoms with Gasteiger partial charge in [0.2, 0.25) is 8.32 Å². The highest BCUT2D eigenvalue weighted by Crippen LogP contribution is 2.29. The Kier molecular flexibility index (Phi) is 6.96. The third kappa shape index (κ3) is 5.10. The van der Waals surface area contributed by atoms with E-state index in [9.17, 15) is 0 Å². The van der Waals surface area contributed by atoms with E-state index in [1.54, 1.807) is 0 Å². The highest BCUT2D eigenvalue weighted by atomic mass is 28.4. The molecule has 0 rings (SSSR count). The molecule has 3 heteroatoms. The van der Waals surface area contributed by atoms with E-state index < -0.39 is 17.1 Å². The number of rotatable bonds is 8. The molecule has 17 heavy (non-hydrogen) atoms. The van der Waals surface area contributed by atoms with Gasteiger partial charge in [-0.05, 0) is 32.9 Å². The maximum Gasteiger partial charge on any atom is 0.213 e. The molecule has 1 unspecified atom stereocenters. The first kappa shape index (κ1) is 17.1. The van der Waals surface area contributed by atoms with Crippen molar-refractivity contribution in [3.05, 3.63) is 11.8 Å². The SMILES string of the molecule is C=C(CCCC)[Si](C)(C)OC(C)(CC)[SiH](C)C. The largest absolute Gasteiger partial charge is 0.411 e. The van der Waals surface area contributed by atoms with Gasteiger partial charge in [0, 0.05) is 5.22 Å². The highest BCUT2D eigenvalue weighted by molar-refractivity contribution is 6.79. The maximum absolute atomic E-state index is 6.60. The summed E-state index contributed by atoms with van der Waals surface area (Å²) in [5.41, 5.74) is 0. The molecule has 0 aliphatic carbocycles. The van der Waals surface area contributed by atoms with Crippen LogP contribution in [0.1, 0.15) is 46.5 Å². The lowest BCUT2D eigenvalue weighted by Crippen LogP contribution is -2.50. The van der Waals surface area contributed by atoms with Gasteiger partial charge in [0.05, 0.1) is 8.80 Å². The van der Waals surface area contributed by atoms with Gasteiger partial charge < -0.3 is 4.43 Å². The van der Waals surface area contributed by atoms with Crippen LogP contribution in [0.4, 0.5) is 0 Å². The summed E-state index contributed by atoms with van der Waals surface area (Å²) in [5.74, 6) is 0. The number of unbranched alkanes of at least 4 members (excludes halogenated alkanes) is 1. The highest BCUT2D eigenvalue weighted by Gasteiger charge is 2.37. The second-order valence-electron chi connectivity index (χ2n) is 6.14. The van der Waals surface area contributed by atoms with E-state index in [4.69, 9.17) is 4.43 Å². The monoisotopic (exact) mass is 272 g/mol. The molecule has 102 valence electrons. The fourth-order valence-electron chi connectivity index (χ4n) is 1.94. The molecule has 0 saturated carbocycles. The summed E-state index contributed by atoms with van der Waals surface area (Å²) in [6, 6.07) is 0. The lowest BCUT2D eigenvalue weighted by atomic mass is 10.2. The summed E-state index contributed by atoms with van der Waals surface area (Å²) in [6.07, 6.45) is 4.78. The Bertz CT molecular complexity index is 249. The fraction of sp³-hybridized carbons (Fsp3) is 0.857. The van der Waals surface area contributed by atoms with Crippen molar-refractivity contribution in [2.45, 2.75) is 77.9 Å². The van der Waals surface area contributed by atoms with Gasteiger partial charge in [0.15, 0.2) is 0 Å². The average molecular weight is 273 g/mol. The van der Waals surface area contributed by atoms with E-state index in [-0.39, 0.29) is 5.22 Å². The molecular weight excluding hydrogens is 240 g/mol. The Morgan fingerprint density at radius 2 is 1.82 bits per heavy atom. The molecule has 0 aliphatic rings. The Labute approximate surface area is 111 Å². The predicted molar refractivity (Wildman–Crippen MR) is 84.8 cm³/mol. The maximum atomic E-state index is 6.60. The summed E-state index contributed by atoms with van der Waals surface area (Å²) >= 11 is 0. The number of hydrogen-bond acceptors (Lipinski definition) is 1. The lowest BCUT2D eigenvalue weighted by Gasteiger charge is -2.41. The van der Waals surface area contributed by atoms with Crippen molar-refractivity contribution >= 4 is 17.1 Å². The van der Waals surface area contributed by atoms with Crippen LogP contribution in [0.5, 0.6) is 0 Å². The minimum Gasteiger partial charge on any atom is -0.411 e. The Hall–Kier alpha value is 0.134. The lowest BCUT2D eigenvalue weighted by molar-refractivity contribution is 0.157. The van der Waals surface area contributed by atoms with Crippen LogP contribution in [0, 0.1) is 0 Å². The summed E-state index contributed by atoms with van der Waals surface area (Å²) < 4.78 is 6.60. The molecule has 0 heterocycles. The summed E-state index contributed by atoms with van der Waals surface area (Å²) in [6.45, 7) is 20.5. The van der Waals surface area contributed by atoms with Crippen LogP contribution >= 0.6 is 0 Å². The van der Waals surface area contributed by atoms with Crippen molar-refractivity contribution < 1.29 is 4.43 Å². The standard InChI is InChI=1S/C14H32OSi2/c1-9-11-12-13(3)17(7,8)15-14(4,10-2)16(5)6/h16H,3,9-12H2,1-2,4-8H3. The second kappa shape index (κ2) is 6.90. The molecule has 0 aromatic heterocycles. The van der Waals surface area contributed by atoms with Crippen LogP contribution in [-0.2, 0) is 4.43 Å². The molecule has 0 aromatic carbocycles. The van der Waals surface area contributed by atoms with Crippen LogP contribution in [0.3, 0.4) is 0 Å². The van der Waals surface area contributed by atoms with Gasteiger partial charge in [0.1, 0.15) is 0 Å². The first-order valence-corrected chi connectivity index (χ1v) is 12.9. The Balaban J connectivity index is 4.66. The quantitative estimate of drug-likeness (QED) is 0.583. The molecule has 0 amide bonds. The molecule has 0 bridgehead atoms. The smallest absolute Gasteiger partial charge is 0.213 e. The Morgan fingerprint density at radius 1 is 1.29 bits per heavy atom. The molecule has 0 spiro atoms. The zero-order chi connectivity index (χ0) is 13.7. The number of hydrogen-bond donors (Lipinski definition) is 0. The summed E-state index contributed by atoms with van der Waals surface area (Å²) in [7, 11) is -2.52. The Morgan fingerprint density at radius 3 is 2.18 bits per heavy atom. The fourth-order valence-corrected chi connectivity index (χ4v) is 6.82. The first-order valence-electron chi connectivity index (χ1n) is 7.08. The molecule has 0 saturated heterocycles. The van der Waals surface area contributed by atoms with Gasteiger partial charge in [-0.1, -0.05) is 45.0 Å². The van der Waals surface area contributed by atoms with Crippen LogP contribution in [0.25, 0.3) is 0 Å². The van der Waals surface area contributed by atoms with E-state index in [1.807, 2.05) is 0 Å². The van der Waals surface area contributed by atoms with E-state index in [0.717, 1.165) is 12.8 Å². The molecule has 0 N–H and O–H groups in total. The topological polar surface area (TPSA) is 9.23 Å². The number of allylic oxidation sites excluding steroid dienone is 1. The second-order valence-corrected chi connectivity index (χ2v) is 13.6. The molecule has 0 radical (unpaired) electrons. The molecule has 0 aromatic rings. The molecular formula is C14H32OSi2. The van der Waals surface area contributed by atoms with Gasteiger partial charge >= 0.3 is 0 Å². The third-order valence-corrected chi connectivity index (χ3v) is 10.2. The van der Waals surface area contributed by atoms with Crippen LogP contribution < -0.4 is 0 Å². The minimum atomic E-state index is -1.72. The summed E-state index contributed by atoms with van der Waals surface area (Å²) in [4.78, 5) is 0. The molecule has 1 nitrogen and oxygen atoms in total. The van der Waals surface area contributed by atoms with Crippen molar-refractivity contribution in [3.63, 3.8) is 0 Å². The van der Waals surface area contributed by atoms with Crippen molar-refractivity contribution in [2.75, 3.05) is 0 Å². The van der Waals surface area contributed by atoms with E-state index >= 15 is 0 Å². The van der Waals surface area contributed by atoms with E-state index in [1.165, 1.54) is 18.0 Å². The zero-order valence-corrected chi connectivity index (χ0v) is 15.2. The van der Waals surface area contributed by atoms with Crippen LogP contribution in [0.15, 0.2) is 11.8 Å². The van der Waals surface area contributed by atoms with Crippen molar-refractivity contribution in [1.82, 2.24) is 0 Å². The van der Waals surface area contributed by atoms with Gasteiger partial charge in [-0.15, -0.1) is 6.58 Å². The van der Waals surface area contributed by atoms with Crippen molar-refractivity contribution in [2.24, 2.45) is 0 Å². The normalized spacial score (nSPS) is 16.0. The van der Waals surface area contributed by atoms with E-state index in [2.05, 4.69) is 53.5 Å². The van der Waals surface area contributed by atoms with Gasteiger partial charge in [-0.3, -0.25) is 0 Å². The first-order chi connectivity index (χ1) is 7.69. The van der Waals surface area contributed by atoms with Gasteiger partial charge in [-0.2, -0.15) is 0 Å². The summed E-state index contributed by atoms with van der Waals surface area (Å²) in [5, 5.41) is 1.53. The molecule has 0 aliphatic heterocycles. The zero-order valence-electron chi connectivity index (χ0n) is 13.0. The van der Waals surface area contributed by atoms with E-state index in [0.29, 0.717) is 0 Å². The predicted octanol–water partition coefficient (Wildman–Crippen LogP) is 4.69. The minimum absolute atomic E-state index is 0.144. The average Bonchev–Trinajstić information content (AvgIpc) is 2.24. The molecule has 1 atom stereocenters.